The van der Waals surface area contributed by atoms with Crippen LogP contribution in [0.5, 0.6) is 11.5 Å². The highest BCUT2D eigenvalue weighted by atomic mass is 16.5. The molecule has 20 heavy (non-hydrogen) atoms. The number of carbonyl (C=O) groups is 1. The van der Waals surface area contributed by atoms with Gasteiger partial charge in [0.1, 0.15) is 11.5 Å². The minimum absolute atomic E-state index is 0.0370. The molecule has 0 aromatic heterocycles. The van der Waals surface area contributed by atoms with Crippen molar-refractivity contribution < 1.29 is 19.4 Å². The molecule has 1 aromatic rings. The van der Waals surface area contributed by atoms with Gasteiger partial charge in [0.2, 0.25) is 5.91 Å². The fourth-order valence-electron chi connectivity index (χ4n) is 2.19. The summed E-state index contributed by atoms with van der Waals surface area (Å²) < 4.78 is 10.5. The smallest absolute Gasteiger partial charge is 0.226 e. The fourth-order valence-corrected chi connectivity index (χ4v) is 2.19. The van der Waals surface area contributed by atoms with Crippen LogP contribution in [0.15, 0.2) is 18.2 Å². The highest BCUT2D eigenvalue weighted by Gasteiger charge is 2.33. The molecule has 0 saturated heterocycles. The minimum Gasteiger partial charge on any atom is -0.497 e. The van der Waals surface area contributed by atoms with E-state index in [1.807, 2.05) is 18.2 Å². The Kier molecular flexibility index (Phi) is 4.84. The first-order chi connectivity index (χ1) is 9.69. The van der Waals surface area contributed by atoms with Gasteiger partial charge in [0.05, 0.1) is 20.8 Å². The van der Waals surface area contributed by atoms with E-state index in [1.165, 1.54) is 0 Å². The van der Waals surface area contributed by atoms with Crippen molar-refractivity contribution in [2.24, 2.45) is 5.92 Å². The highest BCUT2D eigenvalue weighted by molar-refractivity contribution is 5.81. The molecule has 1 saturated carbocycles. The number of amides is 1. The van der Waals surface area contributed by atoms with Gasteiger partial charge in [-0.3, -0.25) is 4.79 Å². The normalized spacial score (nSPS) is 13.9. The standard InChI is InChI=1S/C15H21NO4/c1-19-13-5-6-14(20-2)12(9-13)10-16(7-8-17)15(18)11-3-4-11/h5-6,9,11,17H,3-4,7-8,10H2,1-2H3. The number of carbonyl (C=O) groups excluding carboxylic acids is 1. The van der Waals surface area contributed by atoms with E-state index in [2.05, 4.69) is 0 Å². The highest BCUT2D eigenvalue weighted by Crippen LogP contribution is 2.32. The molecule has 0 aliphatic heterocycles. The Morgan fingerprint density at radius 2 is 2.10 bits per heavy atom. The van der Waals surface area contributed by atoms with E-state index < -0.39 is 0 Å². The van der Waals surface area contributed by atoms with Crippen LogP contribution in [0, 0.1) is 5.92 Å². The molecule has 1 aliphatic rings. The summed E-state index contributed by atoms with van der Waals surface area (Å²) in [5.41, 5.74) is 0.884. The molecule has 0 heterocycles. The topological polar surface area (TPSA) is 59.0 Å². The lowest BCUT2D eigenvalue weighted by atomic mass is 10.1. The minimum atomic E-state index is -0.0370. The van der Waals surface area contributed by atoms with E-state index in [1.54, 1.807) is 19.1 Å². The van der Waals surface area contributed by atoms with Crippen molar-refractivity contribution in [1.82, 2.24) is 4.90 Å². The van der Waals surface area contributed by atoms with Gasteiger partial charge in [-0.25, -0.2) is 0 Å². The quantitative estimate of drug-likeness (QED) is 0.820. The Hall–Kier alpha value is -1.75. The molecular weight excluding hydrogens is 258 g/mol. The van der Waals surface area contributed by atoms with E-state index in [4.69, 9.17) is 14.6 Å². The number of hydrogen-bond donors (Lipinski definition) is 1. The summed E-state index contributed by atoms with van der Waals surface area (Å²) in [6, 6.07) is 5.51. The molecular formula is C15H21NO4. The van der Waals surface area contributed by atoms with E-state index >= 15 is 0 Å². The van der Waals surface area contributed by atoms with Crippen LogP contribution >= 0.6 is 0 Å². The molecule has 1 aliphatic carbocycles. The van der Waals surface area contributed by atoms with Gasteiger partial charge in [-0.15, -0.1) is 0 Å². The Balaban J connectivity index is 2.17. The average molecular weight is 279 g/mol. The van der Waals surface area contributed by atoms with Crippen LogP contribution in [-0.2, 0) is 11.3 Å². The van der Waals surface area contributed by atoms with Crippen LogP contribution in [0.2, 0.25) is 0 Å². The molecule has 0 spiro atoms. The number of nitrogens with zero attached hydrogens (tertiary/aromatic N) is 1. The summed E-state index contributed by atoms with van der Waals surface area (Å²) in [6.07, 6.45) is 1.91. The van der Waals surface area contributed by atoms with Crippen LogP contribution in [-0.4, -0.2) is 43.3 Å². The third kappa shape index (κ3) is 3.42. The number of aliphatic hydroxyl groups is 1. The maximum absolute atomic E-state index is 12.2. The van der Waals surface area contributed by atoms with Crippen molar-refractivity contribution in [3.8, 4) is 11.5 Å². The molecule has 5 heteroatoms. The molecule has 5 nitrogen and oxygen atoms in total. The van der Waals surface area contributed by atoms with Crippen molar-refractivity contribution in [3.05, 3.63) is 23.8 Å². The van der Waals surface area contributed by atoms with Gasteiger partial charge < -0.3 is 19.5 Å². The first-order valence-electron chi connectivity index (χ1n) is 6.80. The number of ether oxygens (including phenoxy) is 2. The molecule has 1 fully saturated rings. The van der Waals surface area contributed by atoms with Crippen LogP contribution in [0.1, 0.15) is 18.4 Å². The zero-order valence-corrected chi connectivity index (χ0v) is 12.0. The Labute approximate surface area is 119 Å². The summed E-state index contributed by atoms with van der Waals surface area (Å²) in [6.45, 7) is 0.733. The first-order valence-corrected chi connectivity index (χ1v) is 6.80. The second kappa shape index (κ2) is 6.61. The largest absolute Gasteiger partial charge is 0.497 e. The van der Waals surface area contributed by atoms with Gasteiger partial charge in [-0.2, -0.15) is 0 Å². The van der Waals surface area contributed by atoms with Crippen molar-refractivity contribution in [1.29, 1.82) is 0 Å². The lowest BCUT2D eigenvalue weighted by molar-refractivity contribution is -0.133. The van der Waals surface area contributed by atoms with Gasteiger partial charge >= 0.3 is 0 Å². The zero-order valence-electron chi connectivity index (χ0n) is 12.0. The van der Waals surface area contributed by atoms with Gasteiger partial charge in [-0.05, 0) is 31.0 Å². The number of rotatable bonds is 7. The van der Waals surface area contributed by atoms with Crippen molar-refractivity contribution in [2.75, 3.05) is 27.4 Å². The van der Waals surface area contributed by atoms with E-state index in [-0.39, 0.29) is 18.4 Å². The van der Waals surface area contributed by atoms with Crippen molar-refractivity contribution in [3.63, 3.8) is 0 Å². The number of hydrogen-bond acceptors (Lipinski definition) is 4. The molecule has 1 amide bonds. The molecule has 0 unspecified atom stereocenters. The third-order valence-electron chi connectivity index (χ3n) is 3.46. The predicted molar refractivity (Wildman–Crippen MR) is 74.8 cm³/mol. The Morgan fingerprint density at radius 3 is 2.65 bits per heavy atom. The zero-order chi connectivity index (χ0) is 14.5. The van der Waals surface area contributed by atoms with Gasteiger partial charge in [0.25, 0.3) is 0 Å². The van der Waals surface area contributed by atoms with Crippen molar-refractivity contribution in [2.45, 2.75) is 19.4 Å². The van der Waals surface area contributed by atoms with E-state index in [9.17, 15) is 4.79 Å². The lowest BCUT2D eigenvalue weighted by Gasteiger charge is -2.23. The number of aliphatic hydroxyl groups excluding tert-OH is 1. The summed E-state index contributed by atoms with van der Waals surface area (Å²) >= 11 is 0. The van der Waals surface area contributed by atoms with Gasteiger partial charge in [0, 0.05) is 24.6 Å². The van der Waals surface area contributed by atoms with Crippen molar-refractivity contribution >= 4 is 5.91 Å². The lowest BCUT2D eigenvalue weighted by Crippen LogP contribution is -2.34. The van der Waals surface area contributed by atoms with Crippen LogP contribution in [0.3, 0.4) is 0 Å². The van der Waals surface area contributed by atoms with E-state index in [0.717, 1.165) is 29.9 Å². The monoisotopic (exact) mass is 279 g/mol. The van der Waals surface area contributed by atoms with Gasteiger partial charge in [0.15, 0.2) is 0 Å². The number of methoxy groups -OCH3 is 2. The summed E-state index contributed by atoms with van der Waals surface area (Å²) in [5.74, 6) is 1.70. The van der Waals surface area contributed by atoms with Gasteiger partial charge in [-0.1, -0.05) is 0 Å². The molecule has 0 bridgehead atoms. The Bertz CT molecular complexity index is 471. The molecule has 110 valence electrons. The summed E-state index contributed by atoms with van der Waals surface area (Å²) in [4.78, 5) is 13.9. The molecule has 1 aromatic carbocycles. The SMILES string of the molecule is COc1ccc(OC)c(CN(CCO)C(=O)C2CC2)c1. The fraction of sp³-hybridized carbons (Fsp3) is 0.533. The average Bonchev–Trinajstić information content (AvgIpc) is 3.30. The first kappa shape index (κ1) is 14.7. The van der Waals surface area contributed by atoms with Crippen LogP contribution in [0.25, 0.3) is 0 Å². The maximum atomic E-state index is 12.2. The second-order valence-electron chi connectivity index (χ2n) is 4.94. The molecule has 2 rings (SSSR count). The predicted octanol–water partition coefficient (Wildman–Crippen LogP) is 1.43. The molecule has 0 radical (unpaired) electrons. The third-order valence-corrected chi connectivity index (χ3v) is 3.46. The summed E-state index contributed by atoms with van der Waals surface area (Å²) in [7, 11) is 3.21. The van der Waals surface area contributed by atoms with Crippen LogP contribution in [0.4, 0.5) is 0 Å². The molecule has 0 atom stereocenters. The molecule has 1 N–H and O–H groups in total. The maximum Gasteiger partial charge on any atom is 0.226 e. The van der Waals surface area contributed by atoms with E-state index in [0.29, 0.717) is 13.1 Å². The summed E-state index contributed by atoms with van der Waals surface area (Å²) in [5, 5.41) is 9.14. The van der Waals surface area contributed by atoms with Crippen LogP contribution < -0.4 is 9.47 Å². The number of benzene rings is 1. The Morgan fingerprint density at radius 1 is 1.35 bits per heavy atom. The second-order valence-corrected chi connectivity index (χ2v) is 4.94.